The third-order valence-corrected chi connectivity index (χ3v) is 8.81. The number of nitrogens with zero attached hydrogens (tertiary/aromatic N) is 1. The van der Waals surface area contributed by atoms with Gasteiger partial charge in [-0.25, -0.2) is 8.42 Å². The van der Waals surface area contributed by atoms with Crippen molar-refractivity contribution in [1.82, 2.24) is 10.2 Å². The molecule has 7 nitrogen and oxygen atoms in total. The molecule has 0 aromatic rings. The van der Waals surface area contributed by atoms with E-state index in [9.17, 15) is 18.0 Å². The fourth-order valence-corrected chi connectivity index (χ4v) is 8.08. The molecule has 0 aromatic heterocycles. The van der Waals surface area contributed by atoms with Crippen molar-refractivity contribution in [2.24, 2.45) is 17.8 Å². The van der Waals surface area contributed by atoms with E-state index in [1.165, 1.54) is 31.3 Å². The van der Waals surface area contributed by atoms with E-state index < -0.39 is 27.7 Å². The van der Waals surface area contributed by atoms with Crippen LogP contribution in [0.25, 0.3) is 0 Å². The molecular formula is C19H30N2O5S. The molecule has 0 spiro atoms. The van der Waals surface area contributed by atoms with Gasteiger partial charge in [0.25, 0.3) is 0 Å². The van der Waals surface area contributed by atoms with Gasteiger partial charge in [0.2, 0.25) is 0 Å². The van der Waals surface area contributed by atoms with Gasteiger partial charge in [-0.05, 0) is 62.7 Å². The maximum atomic E-state index is 12.9. The maximum absolute atomic E-state index is 12.9. The number of hydrogen-bond donors (Lipinski definition) is 1. The molecule has 4 bridgehead atoms. The molecule has 5 rings (SSSR count). The number of hydrogen-bond acceptors (Lipinski definition) is 5. The average Bonchev–Trinajstić information content (AvgIpc) is 2.93. The molecule has 152 valence electrons. The first-order valence-electron chi connectivity index (χ1n) is 10.1. The van der Waals surface area contributed by atoms with Crippen LogP contribution in [-0.4, -0.2) is 68.5 Å². The van der Waals surface area contributed by atoms with Crippen LogP contribution in [0, 0.1) is 17.8 Å². The number of carbonyl (C=O) groups excluding carboxylic acids is 2. The Kier molecular flexibility index (Phi) is 4.99. The van der Waals surface area contributed by atoms with Crippen LogP contribution in [0.5, 0.6) is 0 Å². The third kappa shape index (κ3) is 3.88. The number of nitrogens with one attached hydrogen (secondary N) is 1. The Labute approximate surface area is 161 Å². The molecule has 0 aromatic carbocycles. The van der Waals surface area contributed by atoms with Crippen molar-refractivity contribution in [3.8, 4) is 0 Å². The highest BCUT2D eigenvalue weighted by Crippen LogP contribution is 2.55. The van der Waals surface area contributed by atoms with E-state index in [2.05, 4.69) is 5.32 Å². The van der Waals surface area contributed by atoms with Gasteiger partial charge in [0, 0.05) is 25.2 Å². The second-order valence-corrected chi connectivity index (χ2v) is 11.4. The largest absolute Gasteiger partial charge is 0.383 e. The van der Waals surface area contributed by atoms with Crippen molar-refractivity contribution in [3.05, 3.63) is 0 Å². The summed E-state index contributed by atoms with van der Waals surface area (Å²) < 4.78 is 28.8. The molecule has 2 amide bonds. The van der Waals surface area contributed by atoms with Gasteiger partial charge in [-0.3, -0.25) is 9.59 Å². The highest BCUT2D eigenvalue weighted by Gasteiger charge is 2.52. The minimum absolute atomic E-state index is 0.0624. The van der Waals surface area contributed by atoms with Crippen LogP contribution in [0.2, 0.25) is 0 Å². The molecule has 1 heterocycles. The van der Waals surface area contributed by atoms with Crippen molar-refractivity contribution in [2.75, 3.05) is 31.8 Å². The zero-order valence-corrected chi connectivity index (χ0v) is 16.8. The van der Waals surface area contributed by atoms with Gasteiger partial charge in [0.15, 0.2) is 9.84 Å². The molecule has 4 saturated carbocycles. The molecule has 1 unspecified atom stereocenters. The monoisotopic (exact) mass is 398 g/mol. The van der Waals surface area contributed by atoms with Crippen molar-refractivity contribution in [2.45, 2.75) is 56.5 Å². The molecular weight excluding hydrogens is 368 g/mol. The summed E-state index contributed by atoms with van der Waals surface area (Å²) in [5, 5.41) is 3.11. The first kappa shape index (κ1) is 19.2. The van der Waals surface area contributed by atoms with E-state index in [1.54, 1.807) is 0 Å². The second-order valence-electron chi connectivity index (χ2n) is 9.20. The van der Waals surface area contributed by atoms with Gasteiger partial charge < -0.3 is 15.0 Å². The Morgan fingerprint density at radius 2 is 1.70 bits per heavy atom. The molecule has 1 atom stereocenters. The summed E-state index contributed by atoms with van der Waals surface area (Å²) in [5.74, 6) is 0.865. The van der Waals surface area contributed by atoms with Crippen LogP contribution in [-0.2, 0) is 24.2 Å². The Bertz CT molecular complexity index is 684. The van der Waals surface area contributed by atoms with Crippen LogP contribution in [0.15, 0.2) is 0 Å². The van der Waals surface area contributed by atoms with Crippen LogP contribution in [0.3, 0.4) is 0 Å². The molecule has 4 aliphatic carbocycles. The molecule has 27 heavy (non-hydrogen) atoms. The highest BCUT2D eigenvalue weighted by molar-refractivity contribution is 7.91. The number of methoxy groups -OCH3 is 1. The summed E-state index contributed by atoms with van der Waals surface area (Å²) in [6.45, 7) is 0.525. The molecule has 1 N–H and O–H groups in total. The lowest BCUT2D eigenvalue weighted by atomic mass is 9.53. The van der Waals surface area contributed by atoms with E-state index >= 15 is 0 Å². The third-order valence-electron chi connectivity index (χ3n) is 7.06. The highest BCUT2D eigenvalue weighted by atomic mass is 32.2. The summed E-state index contributed by atoms with van der Waals surface area (Å²) in [4.78, 5) is 27.2. The van der Waals surface area contributed by atoms with Gasteiger partial charge in [-0.1, -0.05) is 0 Å². The standard InChI is InChI=1S/C19H30N2O5S/c1-26-4-3-21(16-2-5-27(24,25)12-16)18(23)17(22)20-19-9-13-6-14(10-19)8-15(7-13)11-19/h13-16H,2-12H2,1H3,(H,20,22). The van der Waals surface area contributed by atoms with Crippen molar-refractivity contribution in [1.29, 1.82) is 0 Å². The van der Waals surface area contributed by atoms with E-state index in [4.69, 9.17) is 4.74 Å². The number of rotatable bonds is 5. The lowest BCUT2D eigenvalue weighted by Crippen LogP contribution is -2.62. The zero-order valence-electron chi connectivity index (χ0n) is 16.0. The number of ether oxygens (including phenoxy) is 1. The lowest BCUT2D eigenvalue weighted by Gasteiger charge is -2.56. The van der Waals surface area contributed by atoms with Crippen molar-refractivity contribution in [3.63, 3.8) is 0 Å². The number of carbonyl (C=O) groups is 2. The second kappa shape index (κ2) is 7.03. The van der Waals surface area contributed by atoms with Gasteiger partial charge in [0.1, 0.15) is 0 Å². The summed E-state index contributed by atoms with van der Waals surface area (Å²) in [6, 6.07) is -0.431. The molecule has 5 aliphatic rings. The number of sulfone groups is 1. The SMILES string of the molecule is COCCN(C(=O)C(=O)NC12CC3CC(CC(C3)C1)C2)C1CCS(=O)(=O)C1. The molecule has 1 aliphatic heterocycles. The quantitative estimate of drug-likeness (QED) is 0.690. The number of amides is 2. The smallest absolute Gasteiger partial charge is 0.312 e. The van der Waals surface area contributed by atoms with E-state index in [1.807, 2.05) is 0 Å². The predicted molar refractivity (Wildman–Crippen MR) is 99.7 cm³/mol. The predicted octanol–water partition coefficient (Wildman–Crippen LogP) is 0.734. The summed E-state index contributed by atoms with van der Waals surface area (Å²) >= 11 is 0. The first-order valence-corrected chi connectivity index (χ1v) is 11.9. The van der Waals surface area contributed by atoms with Crippen LogP contribution >= 0.6 is 0 Å². The lowest BCUT2D eigenvalue weighted by molar-refractivity contribution is -0.150. The van der Waals surface area contributed by atoms with Crippen molar-refractivity contribution >= 4 is 21.7 Å². The topological polar surface area (TPSA) is 92.8 Å². The van der Waals surface area contributed by atoms with E-state index in [-0.39, 0.29) is 30.2 Å². The average molecular weight is 399 g/mol. The fraction of sp³-hybridized carbons (Fsp3) is 0.895. The molecule has 1 saturated heterocycles. The first-order chi connectivity index (χ1) is 12.8. The normalized spacial score (nSPS) is 38.7. The minimum Gasteiger partial charge on any atom is -0.383 e. The van der Waals surface area contributed by atoms with Gasteiger partial charge in [-0.15, -0.1) is 0 Å². The Balaban J connectivity index is 1.45. The van der Waals surface area contributed by atoms with Gasteiger partial charge >= 0.3 is 11.8 Å². The summed E-state index contributed by atoms with van der Waals surface area (Å²) in [7, 11) is -1.60. The van der Waals surface area contributed by atoms with E-state index in [0.29, 0.717) is 24.2 Å². The van der Waals surface area contributed by atoms with Gasteiger partial charge in [0.05, 0.1) is 18.1 Å². The van der Waals surface area contributed by atoms with Crippen LogP contribution in [0.1, 0.15) is 44.9 Å². The Morgan fingerprint density at radius 3 is 2.19 bits per heavy atom. The van der Waals surface area contributed by atoms with E-state index in [0.717, 1.165) is 19.3 Å². The van der Waals surface area contributed by atoms with Crippen LogP contribution < -0.4 is 5.32 Å². The Morgan fingerprint density at radius 1 is 1.11 bits per heavy atom. The fourth-order valence-electron chi connectivity index (χ4n) is 6.35. The summed E-state index contributed by atoms with van der Waals surface area (Å²) in [5.41, 5.74) is -0.226. The molecule has 5 fully saturated rings. The molecule has 8 heteroatoms. The minimum atomic E-state index is -3.13. The van der Waals surface area contributed by atoms with Crippen molar-refractivity contribution < 1.29 is 22.7 Å². The Hall–Kier alpha value is -1.15. The molecule has 0 radical (unpaired) electrons. The van der Waals surface area contributed by atoms with Crippen LogP contribution in [0.4, 0.5) is 0 Å². The van der Waals surface area contributed by atoms with Gasteiger partial charge in [-0.2, -0.15) is 0 Å². The zero-order chi connectivity index (χ0) is 19.2. The maximum Gasteiger partial charge on any atom is 0.312 e. The summed E-state index contributed by atoms with van der Waals surface area (Å²) in [6.07, 6.45) is 7.13.